The summed E-state index contributed by atoms with van der Waals surface area (Å²) in [6, 6.07) is 10.4. The average molecular weight is 261 g/mol. The third-order valence-corrected chi connectivity index (χ3v) is 4.42. The topological polar surface area (TPSA) is 32.3 Å². The SMILES string of the molecule is C[C@H](NCC(O)c1ccccc1)C1CCCCCC1. The van der Waals surface area contributed by atoms with Crippen LogP contribution in [0.15, 0.2) is 30.3 Å². The summed E-state index contributed by atoms with van der Waals surface area (Å²) in [4.78, 5) is 0. The lowest BCUT2D eigenvalue weighted by Gasteiger charge is -2.25. The smallest absolute Gasteiger partial charge is 0.0914 e. The van der Waals surface area contributed by atoms with E-state index in [1.165, 1.54) is 38.5 Å². The van der Waals surface area contributed by atoms with Crippen LogP contribution in [0.1, 0.15) is 57.1 Å². The van der Waals surface area contributed by atoms with E-state index >= 15 is 0 Å². The lowest BCUT2D eigenvalue weighted by molar-refractivity contribution is 0.164. The molecule has 0 aromatic heterocycles. The van der Waals surface area contributed by atoms with Crippen molar-refractivity contribution in [2.75, 3.05) is 6.54 Å². The molecular weight excluding hydrogens is 234 g/mol. The van der Waals surface area contributed by atoms with Crippen LogP contribution in [0.2, 0.25) is 0 Å². The summed E-state index contributed by atoms with van der Waals surface area (Å²) >= 11 is 0. The molecule has 1 aliphatic carbocycles. The van der Waals surface area contributed by atoms with Crippen LogP contribution < -0.4 is 5.32 Å². The molecule has 2 heteroatoms. The van der Waals surface area contributed by atoms with Crippen molar-refractivity contribution in [3.63, 3.8) is 0 Å². The number of aliphatic hydroxyl groups is 1. The quantitative estimate of drug-likeness (QED) is 0.793. The molecule has 0 saturated heterocycles. The van der Waals surface area contributed by atoms with Gasteiger partial charge in [0.05, 0.1) is 6.10 Å². The lowest BCUT2D eigenvalue weighted by atomic mass is 9.93. The zero-order valence-electron chi connectivity index (χ0n) is 12.0. The fourth-order valence-electron chi connectivity index (χ4n) is 3.07. The number of benzene rings is 1. The van der Waals surface area contributed by atoms with Gasteiger partial charge < -0.3 is 10.4 Å². The van der Waals surface area contributed by atoms with Crippen LogP contribution in [0.3, 0.4) is 0 Å². The molecule has 2 atom stereocenters. The molecular formula is C17H27NO. The summed E-state index contributed by atoms with van der Waals surface area (Å²) in [6.07, 6.45) is 7.83. The lowest BCUT2D eigenvalue weighted by Crippen LogP contribution is -2.36. The molecule has 1 aliphatic rings. The highest BCUT2D eigenvalue weighted by molar-refractivity contribution is 5.17. The van der Waals surface area contributed by atoms with Gasteiger partial charge in [0, 0.05) is 12.6 Å². The van der Waals surface area contributed by atoms with Gasteiger partial charge in [0.1, 0.15) is 0 Å². The van der Waals surface area contributed by atoms with Gasteiger partial charge in [0.15, 0.2) is 0 Å². The number of aliphatic hydroxyl groups excluding tert-OH is 1. The number of rotatable bonds is 5. The summed E-state index contributed by atoms with van der Waals surface area (Å²) in [5, 5.41) is 13.7. The Kier molecular flexibility index (Phi) is 5.87. The first kappa shape index (κ1) is 14.5. The Labute approximate surface area is 117 Å². The number of hydrogen-bond donors (Lipinski definition) is 2. The van der Waals surface area contributed by atoms with E-state index in [9.17, 15) is 5.11 Å². The third kappa shape index (κ3) is 4.63. The molecule has 1 unspecified atom stereocenters. The fourth-order valence-corrected chi connectivity index (χ4v) is 3.07. The normalized spacial score (nSPS) is 20.7. The van der Waals surface area contributed by atoms with Gasteiger partial charge in [-0.15, -0.1) is 0 Å². The Morgan fingerprint density at radius 3 is 2.37 bits per heavy atom. The molecule has 2 rings (SSSR count). The molecule has 0 radical (unpaired) electrons. The van der Waals surface area contributed by atoms with E-state index in [4.69, 9.17) is 0 Å². The maximum atomic E-state index is 10.2. The fraction of sp³-hybridized carbons (Fsp3) is 0.647. The van der Waals surface area contributed by atoms with E-state index in [0.29, 0.717) is 12.6 Å². The van der Waals surface area contributed by atoms with Gasteiger partial charge in [-0.25, -0.2) is 0 Å². The minimum atomic E-state index is -0.394. The van der Waals surface area contributed by atoms with Crippen LogP contribution in [0.5, 0.6) is 0 Å². The van der Waals surface area contributed by atoms with Crippen LogP contribution in [0.4, 0.5) is 0 Å². The highest BCUT2D eigenvalue weighted by Crippen LogP contribution is 2.25. The van der Waals surface area contributed by atoms with E-state index in [0.717, 1.165) is 11.5 Å². The minimum absolute atomic E-state index is 0.394. The molecule has 2 nitrogen and oxygen atoms in total. The van der Waals surface area contributed by atoms with Crippen LogP contribution in [0.25, 0.3) is 0 Å². The maximum Gasteiger partial charge on any atom is 0.0914 e. The Morgan fingerprint density at radius 1 is 1.11 bits per heavy atom. The minimum Gasteiger partial charge on any atom is -0.387 e. The second-order valence-electron chi connectivity index (χ2n) is 5.88. The van der Waals surface area contributed by atoms with Gasteiger partial charge in [-0.1, -0.05) is 56.0 Å². The number of nitrogens with one attached hydrogen (secondary N) is 1. The highest BCUT2D eigenvalue weighted by atomic mass is 16.3. The third-order valence-electron chi connectivity index (χ3n) is 4.42. The van der Waals surface area contributed by atoms with Gasteiger partial charge in [-0.2, -0.15) is 0 Å². The summed E-state index contributed by atoms with van der Waals surface area (Å²) in [7, 11) is 0. The molecule has 0 amide bonds. The van der Waals surface area contributed by atoms with Gasteiger partial charge >= 0.3 is 0 Å². The summed E-state index contributed by atoms with van der Waals surface area (Å²) in [5.41, 5.74) is 1.00. The van der Waals surface area contributed by atoms with Gasteiger partial charge in [-0.3, -0.25) is 0 Å². The van der Waals surface area contributed by atoms with Crippen molar-refractivity contribution in [2.24, 2.45) is 5.92 Å². The molecule has 1 fully saturated rings. The Bertz CT molecular complexity index is 344. The summed E-state index contributed by atoms with van der Waals surface area (Å²) < 4.78 is 0. The molecule has 0 bridgehead atoms. The van der Waals surface area contributed by atoms with Crippen LogP contribution >= 0.6 is 0 Å². The van der Waals surface area contributed by atoms with Crippen molar-refractivity contribution >= 4 is 0 Å². The standard InChI is InChI=1S/C17H27NO/c1-14(15-9-5-2-3-6-10-15)18-13-17(19)16-11-7-4-8-12-16/h4,7-8,11-12,14-15,17-19H,2-3,5-6,9-10,13H2,1H3/t14-,17?/m0/s1. The van der Waals surface area contributed by atoms with Crippen LogP contribution in [0, 0.1) is 5.92 Å². The van der Waals surface area contributed by atoms with Gasteiger partial charge in [0.2, 0.25) is 0 Å². The van der Waals surface area contributed by atoms with Crippen molar-refractivity contribution in [1.29, 1.82) is 0 Å². The van der Waals surface area contributed by atoms with E-state index in [1.54, 1.807) is 0 Å². The average Bonchev–Trinajstić information content (AvgIpc) is 2.74. The molecule has 1 aromatic carbocycles. The van der Waals surface area contributed by atoms with Crippen molar-refractivity contribution in [3.8, 4) is 0 Å². The van der Waals surface area contributed by atoms with Gasteiger partial charge in [-0.05, 0) is 31.2 Å². The zero-order chi connectivity index (χ0) is 13.5. The zero-order valence-corrected chi connectivity index (χ0v) is 12.0. The molecule has 0 spiro atoms. The molecule has 2 N–H and O–H groups in total. The monoisotopic (exact) mass is 261 g/mol. The molecule has 1 aromatic rings. The predicted molar refractivity (Wildman–Crippen MR) is 80.1 cm³/mol. The second-order valence-corrected chi connectivity index (χ2v) is 5.88. The molecule has 106 valence electrons. The van der Waals surface area contributed by atoms with E-state index in [1.807, 2.05) is 30.3 Å². The first-order valence-corrected chi connectivity index (χ1v) is 7.74. The van der Waals surface area contributed by atoms with Crippen molar-refractivity contribution in [1.82, 2.24) is 5.32 Å². The molecule has 0 heterocycles. The first-order chi connectivity index (χ1) is 9.27. The first-order valence-electron chi connectivity index (χ1n) is 7.74. The van der Waals surface area contributed by atoms with Crippen molar-refractivity contribution < 1.29 is 5.11 Å². The second kappa shape index (κ2) is 7.66. The van der Waals surface area contributed by atoms with E-state index in [-0.39, 0.29) is 0 Å². The predicted octanol–water partition coefficient (Wildman–Crippen LogP) is 3.67. The molecule has 19 heavy (non-hydrogen) atoms. The maximum absolute atomic E-state index is 10.2. The van der Waals surface area contributed by atoms with Crippen molar-refractivity contribution in [3.05, 3.63) is 35.9 Å². The van der Waals surface area contributed by atoms with E-state index in [2.05, 4.69) is 12.2 Å². The summed E-state index contributed by atoms with van der Waals surface area (Å²) in [6.45, 7) is 2.93. The Morgan fingerprint density at radius 2 is 1.74 bits per heavy atom. The Balaban J connectivity index is 1.77. The highest BCUT2D eigenvalue weighted by Gasteiger charge is 2.19. The largest absolute Gasteiger partial charge is 0.387 e. The van der Waals surface area contributed by atoms with E-state index < -0.39 is 6.10 Å². The molecule has 1 saturated carbocycles. The van der Waals surface area contributed by atoms with Crippen LogP contribution in [-0.2, 0) is 0 Å². The summed E-state index contributed by atoms with van der Waals surface area (Å²) in [5.74, 6) is 0.783. The van der Waals surface area contributed by atoms with Gasteiger partial charge in [0.25, 0.3) is 0 Å². The Hall–Kier alpha value is -0.860. The molecule has 0 aliphatic heterocycles. The van der Waals surface area contributed by atoms with Crippen LogP contribution in [-0.4, -0.2) is 17.7 Å². The van der Waals surface area contributed by atoms with Crippen molar-refractivity contribution in [2.45, 2.75) is 57.6 Å². The number of hydrogen-bond acceptors (Lipinski definition) is 2.